The first kappa shape index (κ1) is 7.85. The molecule has 0 unspecified atom stereocenters. The zero-order chi connectivity index (χ0) is 6.57. The Kier molecular flexibility index (Phi) is 3.73. The number of aliphatic hydroxyl groups excluding tert-OH is 1. The lowest BCUT2D eigenvalue weighted by molar-refractivity contribution is 0.185. The molecule has 3 heteroatoms. The van der Waals surface area contributed by atoms with Crippen molar-refractivity contribution in [2.75, 3.05) is 6.61 Å². The Bertz CT molecular complexity index is 52.4. The number of rotatable bonds is 3. The average molecular weight is 121 g/mol. The Hall–Kier alpha value is -0.150. The van der Waals surface area contributed by atoms with Crippen LogP contribution in [0.2, 0.25) is 0 Å². The van der Waals surface area contributed by atoms with Gasteiger partial charge >= 0.3 is 0 Å². The number of aliphatic hydroxyl groups is 1. The van der Waals surface area contributed by atoms with Gasteiger partial charge in [-0.1, -0.05) is 6.92 Å². The highest BCUT2D eigenvalue weighted by Gasteiger charge is 2.11. The average Bonchev–Trinajstić information content (AvgIpc) is 1.84. The molecule has 0 aliphatic carbocycles. The Balaban J connectivity index is 3.29. The number of hydrogen-bond donors (Lipinski definition) is 2. The third kappa shape index (κ3) is 2.23. The maximum absolute atomic E-state index is 12.2. The fraction of sp³-hybridized carbons (Fsp3) is 1.00. The van der Waals surface area contributed by atoms with Crippen molar-refractivity contribution >= 4 is 0 Å². The van der Waals surface area contributed by atoms with E-state index in [2.05, 4.69) is 0 Å². The van der Waals surface area contributed by atoms with Crippen LogP contribution in [0.3, 0.4) is 0 Å². The second kappa shape index (κ2) is 3.80. The van der Waals surface area contributed by atoms with Crippen LogP contribution in [0.4, 0.5) is 4.39 Å². The largest absolute Gasteiger partial charge is 0.395 e. The quantitative estimate of drug-likeness (QED) is 0.554. The van der Waals surface area contributed by atoms with E-state index in [-0.39, 0.29) is 6.61 Å². The van der Waals surface area contributed by atoms with Crippen molar-refractivity contribution in [1.82, 2.24) is 0 Å². The van der Waals surface area contributed by atoms with Gasteiger partial charge in [0.1, 0.15) is 6.17 Å². The number of nitrogens with two attached hydrogens (primary N) is 1. The van der Waals surface area contributed by atoms with E-state index in [1.807, 2.05) is 0 Å². The molecule has 0 saturated carbocycles. The molecule has 0 fully saturated rings. The lowest BCUT2D eigenvalue weighted by Crippen LogP contribution is -2.34. The summed E-state index contributed by atoms with van der Waals surface area (Å²) in [6.07, 6.45) is -0.679. The summed E-state index contributed by atoms with van der Waals surface area (Å²) in [4.78, 5) is 0. The molecule has 0 aliphatic heterocycles. The van der Waals surface area contributed by atoms with Gasteiger partial charge in [-0.05, 0) is 6.42 Å². The van der Waals surface area contributed by atoms with Crippen molar-refractivity contribution in [2.24, 2.45) is 5.73 Å². The summed E-state index contributed by atoms with van der Waals surface area (Å²) in [5, 5.41) is 8.27. The molecule has 2 nitrogen and oxygen atoms in total. The van der Waals surface area contributed by atoms with Crippen LogP contribution >= 0.6 is 0 Å². The van der Waals surface area contributed by atoms with E-state index in [1.54, 1.807) is 6.92 Å². The predicted octanol–water partition coefficient (Wildman–Crippen LogP) is 0.0541. The summed E-state index contributed by atoms with van der Waals surface area (Å²) in [5.74, 6) is 0. The summed E-state index contributed by atoms with van der Waals surface area (Å²) in [6, 6.07) is -0.694. The van der Waals surface area contributed by atoms with E-state index in [9.17, 15) is 4.39 Å². The van der Waals surface area contributed by atoms with Gasteiger partial charge in [0.05, 0.1) is 12.6 Å². The summed E-state index contributed by atoms with van der Waals surface area (Å²) in [5.41, 5.74) is 5.10. The minimum Gasteiger partial charge on any atom is -0.395 e. The lowest BCUT2D eigenvalue weighted by Gasteiger charge is -2.10. The molecule has 0 aromatic rings. The van der Waals surface area contributed by atoms with Gasteiger partial charge in [-0.3, -0.25) is 0 Å². The van der Waals surface area contributed by atoms with Crippen LogP contribution in [-0.2, 0) is 0 Å². The summed E-state index contributed by atoms with van der Waals surface area (Å²) < 4.78 is 12.2. The molecular formula is C5H12FNO. The number of halogens is 1. The Morgan fingerprint density at radius 2 is 2.25 bits per heavy atom. The molecule has 8 heavy (non-hydrogen) atoms. The van der Waals surface area contributed by atoms with Crippen molar-refractivity contribution in [3.05, 3.63) is 0 Å². The topological polar surface area (TPSA) is 46.2 Å². The van der Waals surface area contributed by atoms with Crippen LogP contribution in [0.25, 0.3) is 0 Å². The van der Waals surface area contributed by atoms with Crippen molar-refractivity contribution in [3.63, 3.8) is 0 Å². The van der Waals surface area contributed by atoms with Crippen molar-refractivity contribution in [2.45, 2.75) is 25.6 Å². The highest BCUT2D eigenvalue weighted by molar-refractivity contribution is 4.68. The second-order valence-electron chi connectivity index (χ2n) is 1.77. The molecule has 50 valence electrons. The van der Waals surface area contributed by atoms with E-state index in [1.165, 1.54) is 0 Å². The van der Waals surface area contributed by atoms with Crippen LogP contribution in [0.1, 0.15) is 13.3 Å². The van der Waals surface area contributed by atoms with Crippen molar-refractivity contribution in [3.8, 4) is 0 Å². The first-order valence-corrected chi connectivity index (χ1v) is 2.72. The summed E-state index contributed by atoms with van der Waals surface area (Å²) >= 11 is 0. The SMILES string of the molecule is CC[C@H](F)[C@H](N)CO. The maximum Gasteiger partial charge on any atom is 0.117 e. The molecule has 0 aliphatic rings. The highest BCUT2D eigenvalue weighted by atomic mass is 19.1. The smallest absolute Gasteiger partial charge is 0.117 e. The Morgan fingerprint density at radius 3 is 2.38 bits per heavy atom. The molecule has 2 atom stereocenters. The van der Waals surface area contributed by atoms with Crippen LogP contribution in [-0.4, -0.2) is 23.9 Å². The van der Waals surface area contributed by atoms with E-state index < -0.39 is 12.2 Å². The van der Waals surface area contributed by atoms with Gasteiger partial charge in [0.15, 0.2) is 0 Å². The van der Waals surface area contributed by atoms with Crippen LogP contribution in [0, 0.1) is 0 Å². The Labute approximate surface area is 48.5 Å². The normalized spacial score (nSPS) is 18.0. The molecule has 3 N–H and O–H groups in total. The third-order valence-electron chi connectivity index (χ3n) is 1.07. The molecule has 0 rings (SSSR count). The summed E-state index contributed by atoms with van der Waals surface area (Å²) in [6.45, 7) is 1.43. The van der Waals surface area contributed by atoms with Crippen LogP contribution in [0.5, 0.6) is 0 Å². The second-order valence-corrected chi connectivity index (χ2v) is 1.77. The van der Waals surface area contributed by atoms with Gasteiger partial charge in [0.2, 0.25) is 0 Å². The van der Waals surface area contributed by atoms with E-state index in [0.717, 1.165) is 0 Å². The molecule has 0 aromatic carbocycles. The van der Waals surface area contributed by atoms with Gasteiger partial charge < -0.3 is 10.8 Å². The van der Waals surface area contributed by atoms with Gasteiger partial charge in [0.25, 0.3) is 0 Å². The monoisotopic (exact) mass is 121 g/mol. The van der Waals surface area contributed by atoms with E-state index >= 15 is 0 Å². The van der Waals surface area contributed by atoms with E-state index in [0.29, 0.717) is 6.42 Å². The molecule has 0 saturated heterocycles. The number of alkyl halides is 1. The fourth-order valence-corrected chi connectivity index (χ4v) is 0.417. The standard InChI is InChI=1S/C5H12FNO/c1-2-4(6)5(7)3-8/h4-5,8H,2-3,7H2,1H3/t4-,5+/m0/s1. The third-order valence-corrected chi connectivity index (χ3v) is 1.07. The van der Waals surface area contributed by atoms with E-state index in [4.69, 9.17) is 10.8 Å². The highest BCUT2D eigenvalue weighted by Crippen LogP contribution is 1.99. The Morgan fingerprint density at radius 1 is 1.75 bits per heavy atom. The minimum atomic E-state index is -1.06. The van der Waals surface area contributed by atoms with Crippen molar-refractivity contribution in [1.29, 1.82) is 0 Å². The first-order chi connectivity index (χ1) is 3.72. The van der Waals surface area contributed by atoms with Gasteiger partial charge in [-0.25, -0.2) is 4.39 Å². The van der Waals surface area contributed by atoms with Gasteiger partial charge in [0, 0.05) is 0 Å². The lowest BCUT2D eigenvalue weighted by atomic mass is 10.2. The van der Waals surface area contributed by atoms with Gasteiger partial charge in [-0.2, -0.15) is 0 Å². The zero-order valence-electron chi connectivity index (χ0n) is 4.97. The van der Waals surface area contributed by atoms with Crippen molar-refractivity contribution < 1.29 is 9.50 Å². The molecule has 0 amide bonds. The maximum atomic E-state index is 12.2. The molecular weight excluding hydrogens is 109 g/mol. The molecule has 0 spiro atoms. The minimum absolute atomic E-state index is 0.269. The molecule has 0 heterocycles. The molecule has 0 radical (unpaired) electrons. The van der Waals surface area contributed by atoms with Crippen LogP contribution < -0.4 is 5.73 Å². The molecule has 0 bridgehead atoms. The molecule has 0 aromatic heterocycles. The number of hydrogen-bond acceptors (Lipinski definition) is 2. The summed E-state index contributed by atoms with van der Waals surface area (Å²) in [7, 11) is 0. The fourth-order valence-electron chi connectivity index (χ4n) is 0.417. The van der Waals surface area contributed by atoms with Crippen LogP contribution in [0.15, 0.2) is 0 Å². The predicted molar refractivity (Wildman–Crippen MR) is 30.2 cm³/mol. The van der Waals surface area contributed by atoms with Gasteiger partial charge in [-0.15, -0.1) is 0 Å². The zero-order valence-corrected chi connectivity index (χ0v) is 4.97. The first-order valence-electron chi connectivity index (χ1n) is 2.72.